The van der Waals surface area contributed by atoms with Crippen molar-refractivity contribution in [2.75, 3.05) is 17.2 Å². The Bertz CT molecular complexity index is 635. The SMILES string of the molecule is Cc1ccc(NC(=O)C(C)C)cc1NCCCc1ccccc1. The lowest BCUT2D eigenvalue weighted by molar-refractivity contribution is -0.118. The smallest absolute Gasteiger partial charge is 0.226 e. The summed E-state index contributed by atoms with van der Waals surface area (Å²) >= 11 is 0. The highest BCUT2D eigenvalue weighted by molar-refractivity contribution is 5.92. The van der Waals surface area contributed by atoms with Gasteiger partial charge >= 0.3 is 0 Å². The topological polar surface area (TPSA) is 41.1 Å². The van der Waals surface area contributed by atoms with Crippen LogP contribution in [0.15, 0.2) is 48.5 Å². The van der Waals surface area contributed by atoms with E-state index in [0.717, 1.165) is 30.8 Å². The number of carbonyl (C=O) groups is 1. The van der Waals surface area contributed by atoms with Crippen LogP contribution in [0.25, 0.3) is 0 Å². The largest absolute Gasteiger partial charge is 0.385 e. The van der Waals surface area contributed by atoms with Crippen molar-refractivity contribution in [2.24, 2.45) is 5.92 Å². The van der Waals surface area contributed by atoms with E-state index in [1.165, 1.54) is 11.1 Å². The average molecular weight is 310 g/mol. The van der Waals surface area contributed by atoms with Gasteiger partial charge in [-0.15, -0.1) is 0 Å². The summed E-state index contributed by atoms with van der Waals surface area (Å²) in [5.74, 6) is 0.0301. The zero-order valence-corrected chi connectivity index (χ0v) is 14.2. The first kappa shape index (κ1) is 17.1. The fourth-order valence-corrected chi connectivity index (χ4v) is 2.34. The van der Waals surface area contributed by atoms with Crippen molar-refractivity contribution in [3.05, 3.63) is 59.7 Å². The molecular weight excluding hydrogens is 284 g/mol. The van der Waals surface area contributed by atoms with Gasteiger partial charge in [-0.3, -0.25) is 4.79 Å². The molecule has 0 saturated heterocycles. The van der Waals surface area contributed by atoms with Gasteiger partial charge in [0.05, 0.1) is 0 Å². The molecule has 0 aliphatic heterocycles. The molecule has 0 aliphatic rings. The Morgan fingerprint density at radius 1 is 1.09 bits per heavy atom. The van der Waals surface area contributed by atoms with Crippen LogP contribution in [0.3, 0.4) is 0 Å². The van der Waals surface area contributed by atoms with Gasteiger partial charge in [0, 0.05) is 23.8 Å². The fourth-order valence-electron chi connectivity index (χ4n) is 2.34. The summed E-state index contributed by atoms with van der Waals surface area (Å²) in [6.45, 7) is 6.78. The lowest BCUT2D eigenvalue weighted by Crippen LogP contribution is -2.17. The number of hydrogen-bond acceptors (Lipinski definition) is 2. The lowest BCUT2D eigenvalue weighted by Gasteiger charge is -2.13. The second kappa shape index (κ2) is 8.37. The van der Waals surface area contributed by atoms with Crippen LogP contribution in [0.1, 0.15) is 31.4 Å². The predicted molar refractivity (Wildman–Crippen MR) is 97.9 cm³/mol. The van der Waals surface area contributed by atoms with Crippen LogP contribution in [-0.2, 0) is 11.2 Å². The van der Waals surface area contributed by atoms with Crippen molar-refractivity contribution in [2.45, 2.75) is 33.6 Å². The van der Waals surface area contributed by atoms with Crippen molar-refractivity contribution in [1.29, 1.82) is 0 Å². The molecule has 0 aromatic heterocycles. The molecule has 0 unspecified atom stereocenters. The summed E-state index contributed by atoms with van der Waals surface area (Å²) in [4.78, 5) is 11.8. The van der Waals surface area contributed by atoms with Crippen LogP contribution in [-0.4, -0.2) is 12.5 Å². The second-order valence-corrected chi connectivity index (χ2v) is 6.19. The third-order valence-electron chi connectivity index (χ3n) is 3.83. The van der Waals surface area contributed by atoms with Crippen LogP contribution < -0.4 is 10.6 Å². The van der Waals surface area contributed by atoms with Crippen LogP contribution in [0.2, 0.25) is 0 Å². The van der Waals surface area contributed by atoms with Crippen LogP contribution in [0.5, 0.6) is 0 Å². The third kappa shape index (κ3) is 5.44. The Hall–Kier alpha value is -2.29. The highest BCUT2D eigenvalue weighted by Gasteiger charge is 2.08. The van der Waals surface area contributed by atoms with Crippen molar-refractivity contribution in [1.82, 2.24) is 0 Å². The molecule has 0 saturated carbocycles. The van der Waals surface area contributed by atoms with E-state index in [9.17, 15) is 4.79 Å². The Balaban J connectivity index is 1.87. The Labute approximate surface area is 139 Å². The summed E-state index contributed by atoms with van der Waals surface area (Å²) in [6.07, 6.45) is 2.14. The molecule has 0 heterocycles. The standard InChI is InChI=1S/C20H26N2O/c1-15(2)20(23)22-18-12-11-16(3)19(14-18)21-13-7-10-17-8-5-4-6-9-17/h4-6,8-9,11-12,14-15,21H,7,10,13H2,1-3H3,(H,22,23). The first-order chi connectivity index (χ1) is 11.1. The van der Waals surface area contributed by atoms with Gasteiger partial charge in [0.15, 0.2) is 0 Å². The van der Waals surface area contributed by atoms with Crippen molar-refractivity contribution in [3.63, 3.8) is 0 Å². The number of carbonyl (C=O) groups excluding carboxylic acids is 1. The van der Waals surface area contributed by atoms with E-state index < -0.39 is 0 Å². The first-order valence-electron chi connectivity index (χ1n) is 8.25. The number of nitrogens with one attached hydrogen (secondary N) is 2. The van der Waals surface area contributed by atoms with Gasteiger partial charge in [0.2, 0.25) is 5.91 Å². The molecule has 0 radical (unpaired) electrons. The normalized spacial score (nSPS) is 10.6. The molecule has 23 heavy (non-hydrogen) atoms. The number of anilines is 2. The maximum Gasteiger partial charge on any atom is 0.226 e. The van der Waals surface area contributed by atoms with Crippen LogP contribution in [0, 0.1) is 12.8 Å². The van der Waals surface area contributed by atoms with E-state index in [0.29, 0.717) is 0 Å². The number of benzene rings is 2. The van der Waals surface area contributed by atoms with Crippen molar-refractivity contribution < 1.29 is 4.79 Å². The van der Waals surface area contributed by atoms with E-state index in [4.69, 9.17) is 0 Å². The predicted octanol–water partition coefficient (Wildman–Crippen LogP) is 4.63. The minimum absolute atomic E-state index is 0.0152. The van der Waals surface area contributed by atoms with Gasteiger partial charge < -0.3 is 10.6 Å². The van der Waals surface area contributed by atoms with E-state index in [1.54, 1.807) is 0 Å². The van der Waals surface area contributed by atoms with E-state index in [2.05, 4.69) is 41.8 Å². The molecule has 122 valence electrons. The summed E-state index contributed by atoms with van der Waals surface area (Å²) in [5.41, 5.74) is 4.48. The molecule has 2 aromatic rings. The summed E-state index contributed by atoms with van der Waals surface area (Å²) < 4.78 is 0. The van der Waals surface area contributed by atoms with Crippen LogP contribution in [0.4, 0.5) is 11.4 Å². The van der Waals surface area contributed by atoms with Crippen molar-refractivity contribution in [3.8, 4) is 0 Å². The molecule has 2 rings (SSSR count). The van der Waals surface area contributed by atoms with Gasteiger partial charge in [0.25, 0.3) is 0 Å². The lowest BCUT2D eigenvalue weighted by atomic mass is 10.1. The molecule has 0 aliphatic carbocycles. The number of amides is 1. The molecule has 3 heteroatoms. The van der Waals surface area contributed by atoms with Crippen LogP contribution >= 0.6 is 0 Å². The zero-order chi connectivity index (χ0) is 16.7. The minimum atomic E-state index is -0.0152. The average Bonchev–Trinajstić information content (AvgIpc) is 2.55. The minimum Gasteiger partial charge on any atom is -0.385 e. The number of hydrogen-bond donors (Lipinski definition) is 2. The maximum atomic E-state index is 11.8. The van der Waals surface area contributed by atoms with Crippen molar-refractivity contribution >= 4 is 17.3 Å². The maximum absolute atomic E-state index is 11.8. The van der Waals surface area contributed by atoms with E-state index >= 15 is 0 Å². The number of aryl methyl sites for hydroxylation is 2. The monoisotopic (exact) mass is 310 g/mol. The highest BCUT2D eigenvalue weighted by atomic mass is 16.1. The molecule has 3 nitrogen and oxygen atoms in total. The van der Waals surface area contributed by atoms with Gasteiger partial charge in [-0.2, -0.15) is 0 Å². The summed E-state index contributed by atoms with van der Waals surface area (Å²) in [6, 6.07) is 16.5. The molecule has 0 atom stereocenters. The summed E-state index contributed by atoms with van der Waals surface area (Å²) in [7, 11) is 0. The fraction of sp³-hybridized carbons (Fsp3) is 0.350. The summed E-state index contributed by atoms with van der Waals surface area (Å²) in [5, 5.41) is 6.42. The molecule has 0 bridgehead atoms. The molecule has 0 fully saturated rings. The molecule has 2 N–H and O–H groups in total. The Morgan fingerprint density at radius 3 is 2.52 bits per heavy atom. The Morgan fingerprint density at radius 2 is 1.83 bits per heavy atom. The molecular formula is C20H26N2O. The second-order valence-electron chi connectivity index (χ2n) is 6.19. The third-order valence-corrected chi connectivity index (χ3v) is 3.83. The van der Waals surface area contributed by atoms with Gasteiger partial charge in [-0.25, -0.2) is 0 Å². The Kier molecular flexibility index (Phi) is 6.21. The van der Waals surface area contributed by atoms with Gasteiger partial charge in [-0.1, -0.05) is 50.2 Å². The molecule has 2 aromatic carbocycles. The van der Waals surface area contributed by atoms with E-state index in [-0.39, 0.29) is 11.8 Å². The van der Waals surface area contributed by atoms with E-state index in [1.807, 2.05) is 38.1 Å². The molecule has 1 amide bonds. The number of rotatable bonds is 7. The highest BCUT2D eigenvalue weighted by Crippen LogP contribution is 2.21. The zero-order valence-electron chi connectivity index (χ0n) is 14.2. The first-order valence-corrected chi connectivity index (χ1v) is 8.25. The quantitative estimate of drug-likeness (QED) is 0.732. The van der Waals surface area contributed by atoms with Gasteiger partial charge in [0.1, 0.15) is 0 Å². The molecule has 0 spiro atoms. The van der Waals surface area contributed by atoms with Gasteiger partial charge in [-0.05, 0) is 43.0 Å².